The summed E-state index contributed by atoms with van der Waals surface area (Å²) in [7, 11) is 0. The summed E-state index contributed by atoms with van der Waals surface area (Å²) in [6.45, 7) is 0. The van der Waals surface area contributed by atoms with Crippen molar-refractivity contribution in [2.75, 3.05) is 0 Å². The number of rotatable bonds is 4. The number of hydrogen-bond donors (Lipinski definition) is 0. The molecule has 3 nitrogen and oxygen atoms in total. The lowest BCUT2D eigenvalue weighted by molar-refractivity contribution is 1.10. The second-order valence-corrected chi connectivity index (χ2v) is 16.6. The molecule has 0 radical (unpaired) electrons. The van der Waals surface area contributed by atoms with Crippen LogP contribution in [0.15, 0.2) is 210 Å². The van der Waals surface area contributed by atoms with Crippen LogP contribution in [0.3, 0.4) is 0 Å². The van der Waals surface area contributed by atoms with Crippen LogP contribution in [0.2, 0.25) is 0 Å². The molecule has 1 aliphatic heterocycles. The van der Waals surface area contributed by atoms with Crippen LogP contribution in [-0.2, 0) is 0 Å². The van der Waals surface area contributed by atoms with Gasteiger partial charge in [-0.1, -0.05) is 145 Å². The average molecular weight is 768 g/mol. The van der Waals surface area contributed by atoms with Gasteiger partial charge in [-0.25, -0.2) is 4.98 Å². The lowest BCUT2D eigenvalue weighted by Crippen LogP contribution is -1.99. The molecule has 0 atom stereocenters. The summed E-state index contributed by atoms with van der Waals surface area (Å²) in [6, 6.07) is 73.0. The Bertz CT molecular complexity index is 3690. The normalized spacial score (nSPS) is 12.3. The minimum Gasteiger partial charge on any atom is -0.309 e. The van der Waals surface area contributed by atoms with Crippen LogP contribution in [0.25, 0.3) is 110 Å². The van der Waals surface area contributed by atoms with E-state index in [1.165, 1.54) is 86.5 Å². The first-order valence-corrected chi connectivity index (χ1v) is 20.9. The topological polar surface area (TPSA) is 22.8 Å². The molecule has 0 fully saturated rings. The third kappa shape index (κ3) is 4.81. The van der Waals surface area contributed by atoms with Crippen molar-refractivity contribution < 1.29 is 0 Å². The molecular weight excluding hydrogens is 735 g/mol. The van der Waals surface area contributed by atoms with Crippen molar-refractivity contribution >= 4 is 77.0 Å². The Balaban J connectivity index is 1.05. The lowest BCUT2D eigenvalue weighted by atomic mass is 9.94. The van der Waals surface area contributed by atoms with E-state index in [1.807, 2.05) is 11.8 Å². The Morgan fingerprint density at radius 2 is 0.983 bits per heavy atom. The Labute approximate surface area is 344 Å². The summed E-state index contributed by atoms with van der Waals surface area (Å²) in [6.07, 6.45) is 0. The Kier molecular flexibility index (Phi) is 6.95. The lowest BCUT2D eigenvalue weighted by Gasteiger charge is -2.21. The molecule has 0 bridgehead atoms. The van der Waals surface area contributed by atoms with E-state index in [4.69, 9.17) is 4.98 Å². The van der Waals surface area contributed by atoms with E-state index in [0.717, 1.165) is 33.4 Å². The molecule has 0 N–H and O–H groups in total. The minimum absolute atomic E-state index is 0.913. The molecule has 13 rings (SSSR count). The van der Waals surface area contributed by atoms with E-state index in [-0.39, 0.29) is 0 Å². The fourth-order valence-corrected chi connectivity index (χ4v) is 10.9. The first-order valence-electron chi connectivity index (χ1n) is 20.1. The molecule has 0 aliphatic carbocycles. The Morgan fingerprint density at radius 3 is 1.83 bits per heavy atom. The maximum absolute atomic E-state index is 5.29. The quantitative estimate of drug-likeness (QED) is 0.178. The average Bonchev–Trinajstić information content (AvgIpc) is 3.81. The molecule has 12 aromatic rings. The zero-order valence-electron chi connectivity index (χ0n) is 31.8. The van der Waals surface area contributed by atoms with E-state index in [9.17, 15) is 0 Å². The number of para-hydroxylation sites is 3. The van der Waals surface area contributed by atoms with Gasteiger partial charge in [-0.05, 0) is 105 Å². The molecule has 0 saturated heterocycles. The maximum Gasteiger partial charge on any atom is 0.138 e. The number of nitrogens with zero attached hydrogens (tertiary/aromatic N) is 3. The van der Waals surface area contributed by atoms with Crippen LogP contribution in [0, 0.1) is 0 Å². The van der Waals surface area contributed by atoms with Crippen molar-refractivity contribution in [2.24, 2.45) is 0 Å². The Morgan fingerprint density at radius 1 is 0.339 bits per heavy atom. The molecule has 59 heavy (non-hydrogen) atoms. The zero-order valence-corrected chi connectivity index (χ0v) is 32.6. The van der Waals surface area contributed by atoms with Gasteiger partial charge in [0.1, 0.15) is 5.82 Å². The zero-order chi connectivity index (χ0) is 38.6. The molecule has 9 aromatic carbocycles. The summed E-state index contributed by atoms with van der Waals surface area (Å²) in [5.41, 5.74) is 14.2. The molecule has 0 saturated carbocycles. The molecule has 0 unspecified atom stereocenters. The van der Waals surface area contributed by atoms with E-state index in [2.05, 4.69) is 209 Å². The van der Waals surface area contributed by atoms with Gasteiger partial charge in [-0.15, -0.1) is 0 Å². The monoisotopic (exact) mass is 767 g/mol. The summed E-state index contributed by atoms with van der Waals surface area (Å²) in [4.78, 5) is 7.91. The smallest absolute Gasteiger partial charge is 0.138 e. The first-order chi connectivity index (χ1) is 29.3. The first kappa shape index (κ1) is 32.7. The van der Waals surface area contributed by atoms with Gasteiger partial charge in [-0.3, -0.25) is 4.57 Å². The largest absolute Gasteiger partial charge is 0.309 e. The second kappa shape index (κ2) is 12.5. The van der Waals surface area contributed by atoms with Crippen LogP contribution < -0.4 is 0 Å². The highest BCUT2D eigenvalue weighted by Crippen LogP contribution is 2.51. The maximum atomic E-state index is 5.29. The minimum atomic E-state index is 0.913. The number of benzene rings is 9. The third-order valence-corrected chi connectivity index (χ3v) is 13.4. The molecule has 0 amide bonds. The van der Waals surface area contributed by atoms with E-state index in [0.29, 0.717) is 0 Å². The van der Waals surface area contributed by atoms with Gasteiger partial charge in [0, 0.05) is 47.8 Å². The van der Waals surface area contributed by atoms with Gasteiger partial charge in [0.15, 0.2) is 0 Å². The molecule has 3 aromatic heterocycles. The molecule has 274 valence electrons. The number of hydrogen-bond acceptors (Lipinski definition) is 2. The van der Waals surface area contributed by atoms with Crippen molar-refractivity contribution in [3.05, 3.63) is 200 Å². The highest BCUT2D eigenvalue weighted by Gasteiger charge is 2.24. The summed E-state index contributed by atoms with van der Waals surface area (Å²) >= 11 is 1.89. The van der Waals surface area contributed by atoms with Crippen molar-refractivity contribution in [1.29, 1.82) is 0 Å². The fourth-order valence-electron chi connectivity index (χ4n) is 9.72. The number of aromatic nitrogens is 3. The highest BCUT2D eigenvalue weighted by atomic mass is 32.2. The van der Waals surface area contributed by atoms with Gasteiger partial charge in [-0.2, -0.15) is 0 Å². The molecule has 0 spiro atoms. The predicted octanol–water partition coefficient (Wildman–Crippen LogP) is 15.0. The van der Waals surface area contributed by atoms with Gasteiger partial charge in [0.25, 0.3) is 0 Å². The molecule has 4 heteroatoms. The van der Waals surface area contributed by atoms with Gasteiger partial charge in [0.2, 0.25) is 0 Å². The Hall–Kier alpha value is -7.40. The van der Waals surface area contributed by atoms with Crippen LogP contribution in [-0.4, -0.2) is 14.1 Å². The number of pyridine rings is 1. The van der Waals surface area contributed by atoms with E-state index in [1.54, 1.807) is 0 Å². The van der Waals surface area contributed by atoms with Crippen molar-refractivity contribution in [1.82, 2.24) is 14.1 Å². The summed E-state index contributed by atoms with van der Waals surface area (Å²) < 4.78 is 4.79. The van der Waals surface area contributed by atoms with E-state index < -0.39 is 0 Å². The second-order valence-electron chi connectivity index (χ2n) is 15.5. The van der Waals surface area contributed by atoms with Gasteiger partial charge in [0.05, 0.1) is 27.6 Å². The summed E-state index contributed by atoms with van der Waals surface area (Å²) in [5.74, 6) is 0.913. The van der Waals surface area contributed by atoms with Crippen LogP contribution in [0.5, 0.6) is 0 Å². The van der Waals surface area contributed by atoms with Crippen molar-refractivity contribution in [3.8, 4) is 44.9 Å². The highest BCUT2D eigenvalue weighted by molar-refractivity contribution is 7.99. The predicted molar refractivity (Wildman–Crippen MR) is 248 cm³/mol. The van der Waals surface area contributed by atoms with Crippen molar-refractivity contribution in [3.63, 3.8) is 0 Å². The van der Waals surface area contributed by atoms with E-state index >= 15 is 0 Å². The van der Waals surface area contributed by atoms with Gasteiger partial charge >= 0.3 is 0 Å². The standard InChI is InChI=1S/C55H33N3S/c1-3-14-34(15-4-1)43-32-53(56-46-23-10-7-18-38(43)46)58-47-24-11-8-19-39(47)44-30-35(26-28-48(44)58)36-27-29-49-45(31-36)54-42-22-13-21-41-40-20-9-12-25-51(40)59-52(55(41)42)33-50(54)57(49)37-16-5-2-6-17-37/h1-33H. The van der Waals surface area contributed by atoms with Crippen LogP contribution in [0.4, 0.5) is 0 Å². The molecule has 1 aliphatic rings. The van der Waals surface area contributed by atoms with Crippen LogP contribution in [0.1, 0.15) is 0 Å². The number of fused-ring (bicyclic) bond motifs is 10. The van der Waals surface area contributed by atoms with Gasteiger partial charge < -0.3 is 4.57 Å². The fraction of sp³-hybridized carbons (Fsp3) is 0. The summed E-state index contributed by atoms with van der Waals surface area (Å²) in [5, 5.41) is 8.75. The van der Waals surface area contributed by atoms with Crippen LogP contribution >= 0.6 is 11.8 Å². The molecular formula is C55H33N3S. The van der Waals surface area contributed by atoms with Crippen molar-refractivity contribution in [2.45, 2.75) is 9.79 Å². The molecule has 4 heterocycles. The third-order valence-electron chi connectivity index (χ3n) is 12.3. The SMILES string of the molecule is c1ccc(-c2cc(-n3c4ccccc4c4cc(-c5ccc6c(c5)c5c7cccc8c7c(cc5n6-c5ccccc5)Sc5ccccc5-8)ccc43)nc3ccccc23)cc1.